The number of thiol groups is 1. The standard InChI is InChI=1S/C13H21NS/c1-3-11-7-5-8-12(4-2)13(11)14-9-6-10-15/h5,7-8,14-15H,3-4,6,9-10H2,1-2H3. The van der Waals surface area contributed by atoms with E-state index in [9.17, 15) is 0 Å². The fraction of sp³-hybridized carbons (Fsp3) is 0.538. The van der Waals surface area contributed by atoms with E-state index in [1.165, 1.54) is 16.8 Å². The lowest BCUT2D eigenvalue weighted by atomic mass is 10.0. The largest absolute Gasteiger partial charge is 0.385 e. The number of para-hydroxylation sites is 1. The Bertz CT molecular complexity index is 274. The van der Waals surface area contributed by atoms with Crippen LogP contribution in [0.3, 0.4) is 0 Å². The summed E-state index contributed by atoms with van der Waals surface area (Å²) in [6.07, 6.45) is 3.30. The van der Waals surface area contributed by atoms with Crippen molar-refractivity contribution in [3.63, 3.8) is 0 Å². The first-order chi connectivity index (χ1) is 7.33. The molecule has 0 bridgehead atoms. The highest BCUT2D eigenvalue weighted by Crippen LogP contribution is 2.22. The number of aryl methyl sites for hydroxylation is 2. The second-order valence-corrected chi connectivity index (χ2v) is 4.11. The molecule has 1 aromatic carbocycles. The lowest BCUT2D eigenvalue weighted by Gasteiger charge is -2.14. The second kappa shape index (κ2) is 6.78. The smallest absolute Gasteiger partial charge is 0.0405 e. The number of hydrogen-bond acceptors (Lipinski definition) is 2. The van der Waals surface area contributed by atoms with E-state index in [1.54, 1.807) is 0 Å². The molecule has 15 heavy (non-hydrogen) atoms. The lowest BCUT2D eigenvalue weighted by Crippen LogP contribution is -2.07. The maximum absolute atomic E-state index is 4.22. The van der Waals surface area contributed by atoms with Crippen LogP contribution in [0.15, 0.2) is 18.2 Å². The number of anilines is 1. The van der Waals surface area contributed by atoms with Crippen molar-refractivity contribution in [2.24, 2.45) is 0 Å². The van der Waals surface area contributed by atoms with Crippen LogP contribution in [0.2, 0.25) is 0 Å². The highest BCUT2D eigenvalue weighted by Gasteiger charge is 2.04. The molecule has 0 unspecified atom stereocenters. The van der Waals surface area contributed by atoms with Crippen molar-refractivity contribution in [2.45, 2.75) is 33.1 Å². The van der Waals surface area contributed by atoms with Crippen molar-refractivity contribution < 1.29 is 0 Å². The van der Waals surface area contributed by atoms with E-state index in [1.807, 2.05) is 0 Å². The molecule has 0 saturated heterocycles. The minimum Gasteiger partial charge on any atom is -0.385 e. The van der Waals surface area contributed by atoms with Crippen LogP contribution in [-0.4, -0.2) is 12.3 Å². The highest BCUT2D eigenvalue weighted by molar-refractivity contribution is 7.80. The molecule has 84 valence electrons. The van der Waals surface area contributed by atoms with Gasteiger partial charge in [-0.2, -0.15) is 12.6 Å². The molecule has 0 aliphatic rings. The highest BCUT2D eigenvalue weighted by atomic mass is 32.1. The van der Waals surface area contributed by atoms with Gasteiger partial charge in [0, 0.05) is 12.2 Å². The van der Waals surface area contributed by atoms with Gasteiger partial charge in [-0.1, -0.05) is 32.0 Å². The quantitative estimate of drug-likeness (QED) is 0.555. The Labute approximate surface area is 98.7 Å². The van der Waals surface area contributed by atoms with Crippen molar-refractivity contribution in [1.82, 2.24) is 0 Å². The van der Waals surface area contributed by atoms with E-state index in [2.05, 4.69) is 50.0 Å². The lowest BCUT2D eigenvalue weighted by molar-refractivity contribution is 0.975. The van der Waals surface area contributed by atoms with E-state index in [0.29, 0.717) is 0 Å². The maximum atomic E-state index is 4.22. The molecule has 0 amide bonds. The molecule has 0 heterocycles. The summed E-state index contributed by atoms with van der Waals surface area (Å²) in [5.41, 5.74) is 4.20. The topological polar surface area (TPSA) is 12.0 Å². The van der Waals surface area contributed by atoms with Gasteiger partial charge < -0.3 is 5.32 Å². The van der Waals surface area contributed by atoms with Gasteiger partial charge in [-0.15, -0.1) is 0 Å². The van der Waals surface area contributed by atoms with Crippen molar-refractivity contribution in [2.75, 3.05) is 17.6 Å². The molecule has 0 atom stereocenters. The van der Waals surface area contributed by atoms with Crippen LogP contribution in [0.1, 0.15) is 31.4 Å². The maximum Gasteiger partial charge on any atom is 0.0405 e. The first-order valence-corrected chi connectivity index (χ1v) is 6.42. The van der Waals surface area contributed by atoms with Crippen LogP contribution in [0.4, 0.5) is 5.69 Å². The number of benzene rings is 1. The average molecular weight is 223 g/mol. The third-order valence-corrected chi connectivity index (χ3v) is 2.95. The van der Waals surface area contributed by atoms with Crippen molar-refractivity contribution in [1.29, 1.82) is 0 Å². The minimum absolute atomic E-state index is 0.947. The first kappa shape index (κ1) is 12.4. The Kier molecular flexibility index (Phi) is 5.62. The van der Waals surface area contributed by atoms with Crippen LogP contribution in [0, 0.1) is 0 Å². The Morgan fingerprint density at radius 2 is 1.73 bits per heavy atom. The molecule has 0 aliphatic carbocycles. The average Bonchev–Trinajstić information content (AvgIpc) is 2.29. The van der Waals surface area contributed by atoms with Gasteiger partial charge in [-0.05, 0) is 36.1 Å². The zero-order valence-corrected chi connectivity index (χ0v) is 10.6. The van der Waals surface area contributed by atoms with Crippen LogP contribution in [-0.2, 0) is 12.8 Å². The molecule has 1 rings (SSSR count). The zero-order chi connectivity index (χ0) is 11.1. The van der Waals surface area contributed by atoms with Gasteiger partial charge in [0.15, 0.2) is 0 Å². The molecule has 0 aromatic heterocycles. The van der Waals surface area contributed by atoms with Crippen LogP contribution in [0.5, 0.6) is 0 Å². The summed E-state index contributed by atoms with van der Waals surface area (Å²) in [6.45, 7) is 5.44. The van der Waals surface area contributed by atoms with Crippen molar-refractivity contribution in [3.05, 3.63) is 29.3 Å². The molecule has 0 fully saturated rings. The Morgan fingerprint density at radius 3 is 2.20 bits per heavy atom. The fourth-order valence-electron chi connectivity index (χ4n) is 1.76. The molecule has 2 heteroatoms. The van der Waals surface area contributed by atoms with Crippen molar-refractivity contribution in [3.8, 4) is 0 Å². The monoisotopic (exact) mass is 223 g/mol. The summed E-state index contributed by atoms with van der Waals surface area (Å²) in [5.74, 6) is 0.947. The SMILES string of the molecule is CCc1cccc(CC)c1NCCCS. The molecular weight excluding hydrogens is 202 g/mol. The van der Waals surface area contributed by atoms with E-state index in [0.717, 1.165) is 31.6 Å². The molecule has 0 radical (unpaired) electrons. The van der Waals surface area contributed by atoms with Gasteiger partial charge in [0.25, 0.3) is 0 Å². The van der Waals surface area contributed by atoms with Gasteiger partial charge in [-0.3, -0.25) is 0 Å². The van der Waals surface area contributed by atoms with E-state index in [4.69, 9.17) is 0 Å². The second-order valence-electron chi connectivity index (χ2n) is 3.66. The molecule has 1 N–H and O–H groups in total. The Morgan fingerprint density at radius 1 is 1.13 bits per heavy atom. The summed E-state index contributed by atoms with van der Waals surface area (Å²) in [6, 6.07) is 6.58. The third kappa shape index (κ3) is 3.45. The number of nitrogens with one attached hydrogen (secondary N) is 1. The third-order valence-electron chi connectivity index (χ3n) is 2.64. The Balaban J connectivity index is 2.80. The van der Waals surface area contributed by atoms with Crippen molar-refractivity contribution >= 4 is 18.3 Å². The predicted octanol–water partition coefficient (Wildman–Crippen LogP) is 3.54. The zero-order valence-electron chi connectivity index (χ0n) is 9.71. The van der Waals surface area contributed by atoms with Gasteiger partial charge in [0.1, 0.15) is 0 Å². The summed E-state index contributed by atoms with van der Waals surface area (Å²) in [7, 11) is 0. The van der Waals surface area contributed by atoms with Gasteiger partial charge >= 0.3 is 0 Å². The summed E-state index contributed by atoms with van der Waals surface area (Å²) >= 11 is 4.22. The number of hydrogen-bond donors (Lipinski definition) is 2. The molecule has 0 saturated carbocycles. The molecule has 0 spiro atoms. The molecular formula is C13H21NS. The van der Waals surface area contributed by atoms with Gasteiger partial charge in [0.05, 0.1) is 0 Å². The van der Waals surface area contributed by atoms with Gasteiger partial charge in [0.2, 0.25) is 0 Å². The number of rotatable bonds is 6. The predicted molar refractivity (Wildman–Crippen MR) is 72.2 cm³/mol. The normalized spacial score (nSPS) is 10.3. The van der Waals surface area contributed by atoms with Crippen LogP contribution < -0.4 is 5.32 Å². The Hall–Kier alpha value is -0.630. The van der Waals surface area contributed by atoms with Crippen LogP contribution >= 0.6 is 12.6 Å². The van der Waals surface area contributed by atoms with Crippen LogP contribution in [0.25, 0.3) is 0 Å². The molecule has 1 nitrogen and oxygen atoms in total. The molecule has 0 aliphatic heterocycles. The fourth-order valence-corrected chi connectivity index (χ4v) is 1.92. The van der Waals surface area contributed by atoms with E-state index in [-0.39, 0.29) is 0 Å². The summed E-state index contributed by atoms with van der Waals surface area (Å²) < 4.78 is 0. The first-order valence-electron chi connectivity index (χ1n) is 5.79. The summed E-state index contributed by atoms with van der Waals surface area (Å²) in [5, 5.41) is 3.54. The van der Waals surface area contributed by atoms with E-state index >= 15 is 0 Å². The minimum atomic E-state index is 0.947. The summed E-state index contributed by atoms with van der Waals surface area (Å²) in [4.78, 5) is 0. The molecule has 1 aromatic rings. The van der Waals surface area contributed by atoms with Gasteiger partial charge in [-0.25, -0.2) is 0 Å². The van der Waals surface area contributed by atoms with E-state index < -0.39 is 0 Å².